The van der Waals surface area contributed by atoms with Crippen LogP contribution in [0.5, 0.6) is 0 Å². The predicted octanol–water partition coefficient (Wildman–Crippen LogP) is 3.57. The topological polar surface area (TPSA) is 149 Å². The fourth-order valence-corrected chi connectivity index (χ4v) is 4.73. The first-order valence-corrected chi connectivity index (χ1v) is 14.6. The van der Waals surface area contributed by atoms with Crippen molar-refractivity contribution in [1.82, 2.24) is 10.2 Å². The summed E-state index contributed by atoms with van der Waals surface area (Å²) >= 11 is 0. The summed E-state index contributed by atoms with van der Waals surface area (Å²) in [6.45, 7) is 1.48. The van der Waals surface area contributed by atoms with Gasteiger partial charge < -0.3 is 20.4 Å². The molecule has 0 radical (unpaired) electrons. The van der Waals surface area contributed by atoms with Gasteiger partial charge in [0.15, 0.2) is 0 Å². The maximum atomic E-state index is 13.3. The van der Waals surface area contributed by atoms with Gasteiger partial charge in [0.2, 0.25) is 15.9 Å². The Balaban J connectivity index is 1.54. The standard InChI is InChI=1S/C31H32N4O5S/c32-16-17-34-31(37)27-7-2-6-26(21-27)25-5-1-4-24(20-25)22-35(30(36)14-11-28-8-3-19-40-28)18-15-23-9-12-29(13-10-23)41(33,38)39/h1-14,19-21H,15-18,22,32H2,(H,34,37)(H2,33,38,39). The highest BCUT2D eigenvalue weighted by atomic mass is 32.2. The molecule has 0 saturated carbocycles. The van der Waals surface area contributed by atoms with Crippen LogP contribution in [-0.4, -0.2) is 44.8 Å². The van der Waals surface area contributed by atoms with E-state index >= 15 is 0 Å². The molecule has 0 fully saturated rings. The van der Waals surface area contributed by atoms with Gasteiger partial charge in [-0.2, -0.15) is 0 Å². The molecule has 5 N–H and O–H groups in total. The summed E-state index contributed by atoms with van der Waals surface area (Å²) in [6, 6.07) is 25.0. The number of rotatable bonds is 12. The summed E-state index contributed by atoms with van der Waals surface area (Å²) in [6.07, 6.45) is 5.13. The molecule has 10 heteroatoms. The lowest BCUT2D eigenvalue weighted by Gasteiger charge is -2.22. The highest BCUT2D eigenvalue weighted by Crippen LogP contribution is 2.23. The highest BCUT2D eigenvalue weighted by molar-refractivity contribution is 7.89. The molecule has 0 atom stereocenters. The Kier molecular flexibility index (Phi) is 9.86. The normalized spacial score (nSPS) is 11.5. The zero-order valence-electron chi connectivity index (χ0n) is 22.4. The molecule has 0 saturated heterocycles. The Morgan fingerprint density at radius 3 is 2.32 bits per heavy atom. The van der Waals surface area contributed by atoms with E-state index in [9.17, 15) is 18.0 Å². The number of nitrogens with zero attached hydrogens (tertiary/aromatic N) is 1. The van der Waals surface area contributed by atoms with Gasteiger partial charge in [0.05, 0.1) is 11.2 Å². The van der Waals surface area contributed by atoms with Crippen LogP contribution < -0.4 is 16.2 Å². The smallest absolute Gasteiger partial charge is 0.251 e. The van der Waals surface area contributed by atoms with Crippen molar-refractivity contribution in [3.05, 3.63) is 120 Å². The SMILES string of the molecule is NCCNC(=O)c1cccc(-c2cccc(CN(CCc3ccc(S(N)(=O)=O)cc3)C(=O)C=Cc3ccco3)c2)c1. The van der Waals surface area contributed by atoms with Crippen LogP contribution in [0.25, 0.3) is 17.2 Å². The third kappa shape index (κ3) is 8.49. The molecular formula is C31H32N4O5S. The Bertz CT molecular complexity index is 1610. The van der Waals surface area contributed by atoms with Crippen LogP contribution >= 0.6 is 0 Å². The molecule has 4 aromatic rings. The van der Waals surface area contributed by atoms with E-state index in [1.165, 1.54) is 24.5 Å². The number of sulfonamides is 1. The first-order chi connectivity index (χ1) is 19.7. The minimum Gasteiger partial charge on any atom is -0.465 e. The number of carbonyl (C=O) groups is 2. The van der Waals surface area contributed by atoms with Gasteiger partial charge in [-0.25, -0.2) is 13.6 Å². The van der Waals surface area contributed by atoms with E-state index in [1.807, 2.05) is 42.5 Å². The van der Waals surface area contributed by atoms with Crippen LogP contribution in [0.2, 0.25) is 0 Å². The number of carbonyl (C=O) groups excluding carboxylic acids is 2. The minimum atomic E-state index is -3.78. The van der Waals surface area contributed by atoms with Crippen molar-refractivity contribution in [1.29, 1.82) is 0 Å². The lowest BCUT2D eigenvalue weighted by atomic mass is 10.0. The number of nitrogens with two attached hydrogens (primary N) is 2. The molecule has 3 aromatic carbocycles. The molecule has 0 unspecified atom stereocenters. The van der Waals surface area contributed by atoms with E-state index in [1.54, 1.807) is 41.3 Å². The van der Waals surface area contributed by atoms with E-state index in [4.69, 9.17) is 15.3 Å². The van der Waals surface area contributed by atoms with Gasteiger partial charge >= 0.3 is 0 Å². The van der Waals surface area contributed by atoms with Crippen molar-refractivity contribution in [3.63, 3.8) is 0 Å². The van der Waals surface area contributed by atoms with Crippen LogP contribution in [0.15, 0.2) is 107 Å². The summed E-state index contributed by atoms with van der Waals surface area (Å²) in [5.41, 5.74) is 9.59. The molecule has 212 valence electrons. The summed E-state index contributed by atoms with van der Waals surface area (Å²) in [4.78, 5) is 27.4. The Hall–Kier alpha value is -4.51. The fourth-order valence-electron chi connectivity index (χ4n) is 4.22. The number of furan rings is 1. The lowest BCUT2D eigenvalue weighted by Crippen LogP contribution is -2.31. The van der Waals surface area contributed by atoms with Crippen molar-refractivity contribution in [2.45, 2.75) is 17.9 Å². The molecule has 0 bridgehead atoms. The van der Waals surface area contributed by atoms with Crippen molar-refractivity contribution >= 4 is 27.9 Å². The van der Waals surface area contributed by atoms with Crippen molar-refractivity contribution in [2.75, 3.05) is 19.6 Å². The van der Waals surface area contributed by atoms with Crippen LogP contribution in [0, 0.1) is 0 Å². The Morgan fingerprint density at radius 1 is 0.902 bits per heavy atom. The number of benzene rings is 3. The Morgan fingerprint density at radius 2 is 1.63 bits per heavy atom. The first-order valence-electron chi connectivity index (χ1n) is 13.0. The number of hydrogen-bond donors (Lipinski definition) is 3. The zero-order valence-corrected chi connectivity index (χ0v) is 23.2. The zero-order chi connectivity index (χ0) is 29.2. The second kappa shape index (κ2) is 13.7. The van der Waals surface area contributed by atoms with Crippen LogP contribution in [0.1, 0.15) is 27.2 Å². The summed E-state index contributed by atoms with van der Waals surface area (Å²) < 4.78 is 28.5. The molecular weight excluding hydrogens is 540 g/mol. The van der Waals surface area contributed by atoms with Gasteiger partial charge in [-0.15, -0.1) is 0 Å². The van der Waals surface area contributed by atoms with Gasteiger partial charge in [0, 0.05) is 37.8 Å². The molecule has 4 rings (SSSR count). The van der Waals surface area contributed by atoms with E-state index in [2.05, 4.69) is 5.32 Å². The largest absolute Gasteiger partial charge is 0.465 e. The molecule has 1 heterocycles. The second-order valence-corrected chi connectivity index (χ2v) is 10.9. The van der Waals surface area contributed by atoms with Crippen molar-refractivity contribution < 1.29 is 22.4 Å². The molecule has 0 aliphatic rings. The Labute approximate surface area is 239 Å². The quantitative estimate of drug-likeness (QED) is 0.221. The minimum absolute atomic E-state index is 0.0355. The third-order valence-corrected chi connectivity index (χ3v) is 7.28. The number of hydrogen-bond acceptors (Lipinski definition) is 6. The molecule has 41 heavy (non-hydrogen) atoms. The second-order valence-electron chi connectivity index (χ2n) is 9.37. The van der Waals surface area contributed by atoms with E-state index in [0.29, 0.717) is 43.9 Å². The first kappa shape index (κ1) is 29.5. The van der Waals surface area contributed by atoms with E-state index in [0.717, 1.165) is 22.3 Å². The molecule has 1 aromatic heterocycles. The number of nitrogens with one attached hydrogen (secondary N) is 1. The van der Waals surface area contributed by atoms with Gasteiger partial charge in [0.25, 0.3) is 5.91 Å². The van der Waals surface area contributed by atoms with Crippen molar-refractivity contribution in [3.8, 4) is 11.1 Å². The average Bonchev–Trinajstić information content (AvgIpc) is 3.50. The van der Waals surface area contributed by atoms with Crippen LogP contribution in [0.4, 0.5) is 0 Å². The molecule has 2 amide bonds. The summed E-state index contributed by atoms with van der Waals surface area (Å²) in [5, 5.41) is 7.98. The van der Waals surface area contributed by atoms with Gasteiger partial charge in [-0.3, -0.25) is 9.59 Å². The van der Waals surface area contributed by atoms with Gasteiger partial charge in [0.1, 0.15) is 5.76 Å². The molecule has 0 aliphatic heterocycles. The third-order valence-electron chi connectivity index (χ3n) is 6.36. The molecule has 0 spiro atoms. The van der Waals surface area contributed by atoms with Crippen LogP contribution in [-0.2, 0) is 27.8 Å². The lowest BCUT2D eigenvalue weighted by molar-refractivity contribution is -0.126. The fraction of sp³-hybridized carbons (Fsp3) is 0.161. The highest BCUT2D eigenvalue weighted by Gasteiger charge is 2.14. The van der Waals surface area contributed by atoms with Crippen molar-refractivity contribution in [2.24, 2.45) is 10.9 Å². The number of amides is 2. The number of primary sulfonamides is 1. The predicted molar refractivity (Wildman–Crippen MR) is 158 cm³/mol. The maximum absolute atomic E-state index is 13.3. The van der Waals surface area contributed by atoms with Gasteiger partial charge in [-0.1, -0.05) is 42.5 Å². The maximum Gasteiger partial charge on any atom is 0.251 e. The monoisotopic (exact) mass is 572 g/mol. The van der Waals surface area contributed by atoms with E-state index in [-0.39, 0.29) is 16.7 Å². The average molecular weight is 573 g/mol. The summed E-state index contributed by atoms with van der Waals surface area (Å²) in [7, 11) is -3.78. The molecule has 9 nitrogen and oxygen atoms in total. The summed E-state index contributed by atoms with van der Waals surface area (Å²) in [5.74, 6) is 0.173. The van der Waals surface area contributed by atoms with E-state index < -0.39 is 10.0 Å². The van der Waals surface area contributed by atoms with Gasteiger partial charge in [-0.05, 0) is 77.2 Å². The molecule has 0 aliphatic carbocycles. The van der Waals surface area contributed by atoms with Crippen LogP contribution in [0.3, 0.4) is 0 Å².